The van der Waals surface area contributed by atoms with Gasteiger partial charge in [0.1, 0.15) is 11.6 Å². The molecule has 0 spiro atoms. The van der Waals surface area contributed by atoms with Crippen LogP contribution in [0.2, 0.25) is 0 Å². The average molecular weight is 596 g/mol. The molecule has 0 bridgehead atoms. The van der Waals surface area contributed by atoms with Crippen LogP contribution < -0.4 is 25.0 Å². The number of benzene rings is 2. The first kappa shape index (κ1) is 30.9. The summed E-state index contributed by atoms with van der Waals surface area (Å²) >= 11 is 0. The number of anilines is 6. The zero-order chi connectivity index (χ0) is 30.7. The topological polar surface area (TPSA) is 129 Å². The summed E-state index contributed by atoms with van der Waals surface area (Å²) in [4.78, 5) is 25.0. The predicted molar refractivity (Wildman–Crippen MR) is 169 cm³/mol. The van der Waals surface area contributed by atoms with Crippen molar-refractivity contribution in [1.82, 2.24) is 14.9 Å². The largest absolute Gasteiger partial charge is 0.489 e. The molecule has 0 atom stereocenters. The number of aromatic nitrogens is 2. The van der Waals surface area contributed by atoms with E-state index in [1.54, 1.807) is 52.1 Å². The lowest BCUT2D eigenvalue weighted by molar-refractivity contribution is -0.129. The van der Waals surface area contributed by atoms with Gasteiger partial charge in [0.25, 0.3) is 0 Å². The Morgan fingerprint density at radius 2 is 1.64 bits per heavy atom. The second-order valence-electron chi connectivity index (χ2n) is 11.6. The van der Waals surface area contributed by atoms with Crippen LogP contribution in [0.15, 0.2) is 48.7 Å². The fraction of sp³-hybridized carbons (Fsp3) is 0.433. The van der Waals surface area contributed by atoms with Crippen LogP contribution in [-0.4, -0.2) is 66.2 Å². The number of rotatable bonds is 9. The molecule has 1 aromatic heterocycles. The van der Waals surface area contributed by atoms with Gasteiger partial charge in [0.15, 0.2) is 0 Å². The molecule has 12 heteroatoms. The van der Waals surface area contributed by atoms with Crippen molar-refractivity contribution in [3.8, 4) is 5.75 Å². The molecule has 4 rings (SSSR count). The Hall–Kier alpha value is -4.06. The zero-order valence-electron chi connectivity index (χ0n) is 25.4. The van der Waals surface area contributed by atoms with E-state index in [-0.39, 0.29) is 12.0 Å². The summed E-state index contributed by atoms with van der Waals surface area (Å²) < 4.78 is 33.1. The predicted octanol–water partition coefficient (Wildman–Crippen LogP) is 5.27. The van der Waals surface area contributed by atoms with Gasteiger partial charge in [-0.25, -0.2) is 13.4 Å². The third-order valence-corrected chi connectivity index (χ3v) is 8.92. The summed E-state index contributed by atoms with van der Waals surface area (Å²) in [6.07, 6.45) is 1.70. The van der Waals surface area contributed by atoms with E-state index in [0.29, 0.717) is 36.2 Å². The number of aryl methyl sites for hydroxylation is 1. The van der Waals surface area contributed by atoms with E-state index in [2.05, 4.69) is 30.2 Å². The van der Waals surface area contributed by atoms with Crippen molar-refractivity contribution in [2.75, 3.05) is 46.4 Å². The highest BCUT2D eigenvalue weighted by atomic mass is 32.2. The normalized spacial score (nSPS) is 14.1. The molecule has 11 nitrogen and oxygen atoms in total. The van der Waals surface area contributed by atoms with Gasteiger partial charge in [0, 0.05) is 62.3 Å². The minimum absolute atomic E-state index is 0.0208. The van der Waals surface area contributed by atoms with E-state index in [4.69, 9.17) is 4.74 Å². The molecular weight excluding hydrogens is 554 g/mol. The summed E-state index contributed by atoms with van der Waals surface area (Å²) in [6, 6.07) is 13.0. The SMILES string of the molecule is CC(=O)N1CCN(c2ccc(Nc3ncc(C)c(Nc4cccc(NS(=O)(=O)C(C)(C)C)c4)n3)cc2OC(C)C)CC1. The van der Waals surface area contributed by atoms with Crippen molar-refractivity contribution < 1.29 is 17.9 Å². The Morgan fingerprint density at radius 3 is 2.29 bits per heavy atom. The van der Waals surface area contributed by atoms with Gasteiger partial charge in [-0.15, -0.1) is 0 Å². The van der Waals surface area contributed by atoms with Crippen LogP contribution in [0, 0.1) is 6.92 Å². The molecule has 0 unspecified atom stereocenters. The number of amides is 1. The van der Waals surface area contributed by atoms with Gasteiger partial charge in [-0.2, -0.15) is 4.98 Å². The molecule has 226 valence electrons. The number of carbonyl (C=O) groups is 1. The maximum atomic E-state index is 12.6. The highest BCUT2D eigenvalue weighted by Gasteiger charge is 2.29. The molecule has 1 aliphatic heterocycles. The third kappa shape index (κ3) is 7.61. The van der Waals surface area contributed by atoms with Crippen LogP contribution in [0.5, 0.6) is 5.75 Å². The Bertz CT molecular complexity index is 1530. The van der Waals surface area contributed by atoms with Gasteiger partial charge in [0.2, 0.25) is 21.9 Å². The lowest BCUT2D eigenvalue weighted by Crippen LogP contribution is -2.48. The summed E-state index contributed by atoms with van der Waals surface area (Å²) in [5.74, 6) is 1.82. The van der Waals surface area contributed by atoms with E-state index in [0.717, 1.165) is 35.8 Å². The van der Waals surface area contributed by atoms with Crippen LogP contribution in [0.1, 0.15) is 47.1 Å². The molecule has 3 N–H and O–H groups in total. The van der Waals surface area contributed by atoms with Gasteiger partial charge in [-0.05, 0) is 71.9 Å². The van der Waals surface area contributed by atoms with E-state index in [1.165, 1.54) is 0 Å². The highest BCUT2D eigenvalue weighted by Crippen LogP contribution is 2.34. The minimum atomic E-state index is -3.56. The fourth-order valence-electron chi connectivity index (χ4n) is 4.33. The van der Waals surface area contributed by atoms with Gasteiger partial charge in [0.05, 0.1) is 22.2 Å². The molecule has 2 heterocycles. The fourth-order valence-corrected chi connectivity index (χ4v) is 5.07. The highest BCUT2D eigenvalue weighted by molar-refractivity contribution is 7.94. The summed E-state index contributed by atoms with van der Waals surface area (Å²) in [6.45, 7) is 15.2. The van der Waals surface area contributed by atoms with Gasteiger partial charge in [-0.3, -0.25) is 9.52 Å². The maximum absolute atomic E-state index is 12.6. The van der Waals surface area contributed by atoms with E-state index < -0.39 is 14.8 Å². The van der Waals surface area contributed by atoms with Crippen LogP contribution in [0.4, 0.5) is 34.5 Å². The first-order valence-corrected chi connectivity index (χ1v) is 15.5. The average Bonchev–Trinajstić information content (AvgIpc) is 2.90. The molecule has 1 aliphatic rings. The Morgan fingerprint density at radius 1 is 0.976 bits per heavy atom. The molecular formula is C30H41N7O4S. The monoisotopic (exact) mass is 595 g/mol. The van der Waals surface area contributed by atoms with E-state index in [9.17, 15) is 13.2 Å². The lowest BCUT2D eigenvalue weighted by Gasteiger charge is -2.36. The molecule has 1 saturated heterocycles. The molecule has 0 saturated carbocycles. The van der Waals surface area contributed by atoms with Crippen molar-refractivity contribution in [3.63, 3.8) is 0 Å². The summed E-state index contributed by atoms with van der Waals surface area (Å²) in [5, 5.41) is 6.56. The van der Waals surface area contributed by atoms with Crippen LogP contribution >= 0.6 is 0 Å². The first-order valence-electron chi connectivity index (χ1n) is 14.0. The molecule has 1 fully saturated rings. The number of nitrogens with zero attached hydrogens (tertiary/aromatic N) is 4. The number of hydrogen-bond donors (Lipinski definition) is 3. The number of nitrogens with one attached hydrogen (secondary N) is 3. The maximum Gasteiger partial charge on any atom is 0.237 e. The van der Waals surface area contributed by atoms with Crippen molar-refractivity contribution in [2.45, 2.75) is 59.3 Å². The van der Waals surface area contributed by atoms with Crippen molar-refractivity contribution in [3.05, 3.63) is 54.2 Å². The summed E-state index contributed by atoms with van der Waals surface area (Å²) in [5.41, 5.74) is 3.71. The number of piperazine rings is 1. The van der Waals surface area contributed by atoms with E-state index >= 15 is 0 Å². The Balaban J connectivity index is 1.52. The van der Waals surface area contributed by atoms with Gasteiger partial charge < -0.3 is 25.2 Å². The third-order valence-electron chi connectivity index (χ3n) is 6.80. The standard InChI is InChI=1S/C30H41N7O4S/c1-20(2)41-27-18-24(11-12-26(27)37-15-13-36(14-16-37)22(4)38)33-29-31-19-21(3)28(34-29)32-23-9-8-10-25(17-23)35-42(39,40)30(5,6)7/h8-12,17-20,35H,13-16H2,1-7H3,(H2,31,32,33,34). The van der Waals surface area contributed by atoms with Gasteiger partial charge >= 0.3 is 0 Å². The van der Waals surface area contributed by atoms with Crippen LogP contribution in [0.25, 0.3) is 0 Å². The van der Waals surface area contributed by atoms with Crippen molar-refractivity contribution in [1.29, 1.82) is 0 Å². The molecule has 2 aromatic carbocycles. The van der Waals surface area contributed by atoms with E-state index in [1.807, 2.05) is 49.9 Å². The Kier molecular flexibility index (Phi) is 9.15. The van der Waals surface area contributed by atoms with Crippen molar-refractivity contribution in [2.24, 2.45) is 0 Å². The number of hydrogen-bond acceptors (Lipinski definition) is 9. The quantitative estimate of drug-likeness (QED) is 0.303. The minimum Gasteiger partial charge on any atom is -0.489 e. The number of ether oxygens (including phenoxy) is 1. The molecule has 3 aromatic rings. The smallest absolute Gasteiger partial charge is 0.237 e. The Labute approximate surface area is 248 Å². The van der Waals surface area contributed by atoms with Crippen LogP contribution in [-0.2, 0) is 14.8 Å². The molecule has 0 aliphatic carbocycles. The number of sulfonamides is 1. The lowest BCUT2D eigenvalue weighted by atomic mass is 10.2. The second-order valence-corrected chi connectivity index (χ2v) is 14.1. The number of carbonyl (C=O) groups excluding carboxylic acids is 1. The van der Waals surface area contributed by atoms with Crippen molar-refractivity contribution >= 4 is 50.4 Å². The molecule has 0 radical (unpaired) electrons. The second kappa shape index (κ2) is 12.4. The van der Waals surface area contributed by atoms with Gasteiger partial charge in [-0.1, -0.05) is 6.07 Å². The molecule has 42 heavy (non-hydrogen) atoms. The summed E-state index contributed by atoms with van der Waals surface area (Å²) in [7, 11) is -3.56. The zero-order valence-corrected chi connectivity index (χ0v) is 26.2. The first-order chi connectivity index (χ1) is 19.7. The van der Waals surface area contributed by atoms with Crippen LogP contribution in [0.3, 0.4) is 0 Å². The molecule has 1 amide bonds.